The third kappa shape index (κ3) is 1.98. The van der Waals surface area contributed by atoms with Crippen molar-refractivity contribution in [3.05, 3.63) is 35.9 Å². The summed E-state index contributed by atoms with van der Waals surface area (Å²) in [6, 6.07) is 8.88. The molecule has 0 unspecified atom stereocenters. The Bertz CT molecular complexity index is 464. The Hall–Kier alpha value is -2.24. The number of aryl methyl sites for hydroxylation is 1. The van der Waals surface area contributed by atoms with Gasteiger partial charge in [0.1, 0.15) is 0 Å². The van der Waals surface area contributed by atoms with Gasteiger partial charge in [-0.2, -0.15) is 0 Å². The number of amides is 1. The van der Waals surface area contributed by atoms with Crippen LogP contribution >= 0.6 is 0 Å². The molecule has 1 heterocycles. The standard InChI is InChI=1S/C9H9N5O/c1-14-9(11-12-13-14)10-8(15)7-5-3-2-4-6-7/h2-6H,1H3,(H,10,11,13,15). The summed E-state index contributed by atoms with van der Waals surface area (Å²) in [6.07, 6.45) is 0. The van der Waals surface area contributed by atoms with Gasteiger partial charge in [-0.1, -0.05) is 23.3 Å². The molecule has 0 saturated heterocycles. The van der Waals surface area contributed by atoms with Gasteiger partial charge in [0, 0.05) is 12.6 Å². The number of hydrogen-bond acceptors (Lipinski definition) is 4. The van der Waals surface area contributed by atoms with Crippen LogP contribution in [0.2, 0.25) is 0 Å². The summed E-state index contributed by atoms with van der Waals surface area (Å²) >= 11 is 0. The quantitative estimate of drug-likeness (QED) is 0.769. The Kier molecular flexibility index (Phi) is 2.40. The van der Waals surface area contributed by atoms with Gasteiger partial charge in [0.05, 0.1) is 0 Å². The highest BCUT2D eigenvalue weighted by Crippen LogP contribution is 2.03. The van der Waals surface area contributed by atoms with E-state index >= 15 is 0 Å². The summed E-state index contributed by atoms with van der Waals surface area (Å²) in [5.74, 6) is 0.0948. The lowest BCUT2D eigenvalue weighted by molar-refractivity contribution is 0.102. The minimum atomic E-state index is -0.228. The molecule has 1 amide bonds. The van der Waals surface area contributed by atoms with Crippen molar-refractivity contribution >= 4 is 11.9 Å². The summed E-state index contributed by atoms with van der Waals surface area (Å²) in [6.45, 7) is 0. The van der Waals surface area contributed by atoms with Crippen LogP contribution in [-0.2, 0) is 7.05 Å². The van der Waals surface area contributed by atoms with E-state index in [2.05, 4.69) is 20.8 Å². The van der Waals surface area contributed by atoms with Gasteiger partial charge in [-0.15, -0.1) is 0 Å². The number of nitrogens with one attached hydrogen (secondary N) is 1. The molecule has 6 heteroatoms. The SMILES string of the molecule is Cn1nnnc1NC(=O)c1ccccc1. The number of carbonyl (C=O) groups is 1. The Morgan fingerprint density at radius 2 is 2.07 bits per heavy atom. The van der Waals surface area contributed by atoms with Gasteiger partial charge >= 0.3 is 0 Å². The van der Waals surface area contributed by atoms with E-state index in [-0.39, 0.29) is 5.91 Å². The molecule has 0 bridgehead atoms. The molecular weight excluding hydrogens is 194 g/mol. The van der Waals surface area contributed by atoms with Crippen LogP contribution in [0.25, 0.3) is 0 Å². The molecule has 0 aliphatic heterocycles. The van der Waals surface area contributed by atoms with E-state index < -0.39 is 0 Å². The maximum atomic E-state index is 11.6. The van der Waals surface area contributed by atoms with E-state index in [1.165, 1.54) is 4.68 Å². The number of hydrogen-bond donors (Lipinski definition) is 1. The zero-order valence-electron chi connectivity index (χ0n) is 8.08. The monoisotopic (exact) mass is 203 g/mol. The molecule has 1 N–H and O–H groups in total. The van der Waals surface area contributed by atoms with Crippen molar-refractivity contribution in [1.82, 2.24) is 20.2 Å². The van der Waals surface area contributed by atoms with Crippen LogP contribution in [0.3, 0.4) is 0 Å². The molecule has 2 rings (SSSR count). The Morgan fingerprint density at radius 3 is 2.67 bits per heavy atom. The molecule has 2 aromatic rings. The van der Waals surface area contributed by atoms with Crippen LogP contribution in [0.4, 0.5) is 5.95 Å². The Balaban J connectivity index is 2.15. The van der Waals surface area contributed by atoms with Crippen LogP contribution in [0.5, 0.6) is 0 Å². The molecule has 6 nitrogen and oxygen atoms in total. The lowest BCUT2D eigenvalue weighted by Gasteiger charge is -2.01. The van der Waals surface area contributed by atoms with Crippen LogP contribution in [0, 0.1) is 0 Å². The maximum absolute atomic E-state index is 11.6. The van der Waals surface area contributed by atoms with Crippen LogP contribution < -0.4 is 5.32 Å². The molecular formula is C9H9N5O. The van der Waals surface area contributed by atoms with E-state index in [1.807, 2.05) is 6.07 Å². The van der Waals surface area contributed by atoms with E-state index in [9.17, 15) is 4.79 Å². The van der Waals surface area contributed by atoms with Crippen molar-refractivity contribution in [2.24, 2.45) is 7.05 Å². The molecule has 0 atom stereocenters. The molecule has 0 fully saturated rings. The predicted molar refractivity (Wildman–Crippen MR) is 53.2 cm³/mol. The van der Waals surface area contributed by atoms with Crippen molar-refractivity contribution in [2.75, 3.05) is 5.32 Å². The third-order valence-corrected chi connectivity index (χ3v) is 1.88. The molecule has 76 valence electrons. The van der Waals surface area contributed by atoms with Crippen LogP contribution in [-0.4, -0.2) is 26.1 Å². The number of tetrazole rings is 1. The number of aromatic nitrogens is 4. The minimum absolute atomic E-state index is 0.228. The summed E-state index contributed by atoms with van der Waals surface area (Å²) in [5, 5.41) is 13.3. The molecule has 1 aromatic heterocycles. The number of benzene rings is 1. The normalized spacial score (nSPS) is 9.93. The van der Waals surface area contributed by atoms with Crippen molar-refractivity contribution < 1.29 is 4.79 Å². The van der Waals surface area contributed by atoms with Crippen molar-refractivity contribution in [2.45, 2.75) is 0 Å². The van der Waals surface area contributed by atoms with E-state index in [0.717, 1.165) is 0 Å². The third-order valence-electron chi connectivity index (χ3n) is 1.88. The zero-order valence-corrected chi connectivity index (χ0v) is 8.08. The highest BCUT2D eigenvalue weighted by Gasteiger charge is 2.08. The van der Waals surface area contributed by atoms with Crippen LogP contribution in [0.1, 0.15) is 10.4 Å². The molecule has 0 aliphatic rings. The first-order valence-corrected chi connectivity index (χ1v) is 4.36. The highest BCUT2D eigenvalue weighted by molar-refractivity contribution is 6.03. The largest absolute Gasteiger partial charge is 0.289 e. The number of nitrogens with zero attached hydrogens (tertiary/aromatic N) is 4. The number of carbonyl (C=O) groups excluding carboxylic acids is 1. The van der Waals surface area contributed by atoms with Crippen molar-refractivity contribution in [3.63, 3.8) is 0 Å². The van der Waals surface area contributed by atoms with Crippen molar-refractivity contribution in [3.8, 4) is 0 Å². The van der Waals surface area contributed by atoms with Gasteiger partial charge in [0.15, 0.2) is 0 Å². The second kappa shape index (κ2) is 3.87. The van der Waals surface area contributed by atoms with Gasteiger partial charge < -0.3 is 0 Å². The van der Waals surface area contributed by atoms with Gasteiger partial charge in [-0.25, -0.2) is 4.68 Å². The fourth-order valence-corrected chi connectivity index (χ4v) is 1.10. The summed E-state index contributed by atoms with van der Waals surface area (Å²) < 4.78 is 1.39. The predicted octanol–water partition coefficient (Wildman–Crippen LogP) is 0.462. The molecule has 0 radical (unpaired) electrons. The minimum Gasteiger partial charge on any atom is -0.289 e. The average Bonchev–Trinajstić information content (AvgIpc) is 2.66. The lowest BCUT2D eigenvalue weighted by Crippen LogP contribution is -2.15. The Morgan fingerprint density at radius 1 is 1.33 bits per heavy atom. The Labute approximate surface area is 85.9 Å². The average molecular weight is 203 g/mol. The van der Waals surface area contributed by atoms with E-state index in [4.69, 9.17) is 0 Å². The summed E-state index contributed by atoms with van der Waals surface area (Å²) in [5.41, 5.74) is 0.570. The number of rotatable bonds is 2. The fraction of sp³-hybridized carbons (Fsp3) is 0.111. The number of anilines is 1. The summed E-state index contributed by atoms with van der Waals surface area (Å²) in [7, 11) is 1.65. The first-order chi connectivity index (χ1) is 7.27. The molecule has 1 aromatic carbocycles. The smallest absolute Gasteiger partial charge is 0.258 e. The van der Waals surface area contributed by atoms with Gasteiger partial charge in [-0.3, -0.25) is 10.1 Å². The van der Waals surface area contributed by atoms with Gasteiger partial charge in [0.2, 0.25) is 5.95 Å². The second-order valence-corrected chi connectivity index (χ2v) is 2.95. The first kappa shape index (κ1) is 9.32. The van der Waals surface area contributed by atoms with Crippen molar-refractivity contribution in [1.29, 1.82) is 0 Å². The highest BCUT2D eigenvalue weighted by atomic mass is 16.1. The van der Waals surface area contributed by atoms with Crippen LogP contribution in [0.15, 0.2) is 30.3 Å². The molecule has 15 heavy (non-hydrogen) atoms. The lowest BCUT2D eigenvalue weighted by atomic mass is 10.2. The zero-order chi connectivity index (χ0) is 10.7. The maximum Gasteiger partial charge on any atom is 0.258 e. The molecule has 0 spiro atoms. The second-order valence-electron chi connectivity index (χ2n) is 2.95. The van der Waals surface area contributed by atoms with E-state index in [0.29, 0.717) is 11.5 Å². The topological polar surface area (TPSA) is 72.7 Å². The van der Waals surface area contributed by atoms with Gasteiger partial charge in [0.25, 0.3) is 5.91 Å². The summed E-state index contributed by atoms with van der Waals surface area (Å²) in [4.78, 5) is 11.6. The fourth-order valence-electron chi connectivity index (χ4n) is 1.10. The first-order valence-electron chi connectivity index (χ1n) is 4.36. The van der Waals surface area contributed by atoms with Gasteiger partial charge in [-0.05, 0) is 22.6 Å². The van der Waals surface area contributed by atoms with E-state index in [1.54, 1.807) is 31.3 Å². The molecule has 0 aliphatic carbocycles. The molecule has 0 saturated carbocycles.